The maximum absolute atomic E-state index is 14.7. The number of piperidine rings is 1. The average molecular weight is 517 g/mol. The monoisotopic (exact) mass is 516 g/mol. The van der Waals surface area contributed by atoms with Gasteiger partial charge in [-0.25, -0.2) is 13.8 Å². The van der Waals surface area contributed by atoms with Gasteiger partial charge in [0.1, 0.15) is 12.4 Å². The summed E-state index contributed by atoms with van der Waals surface area (Å²) in [4.78, 5) is 19.3. The van der Waals surface area contributed by atoms with E-state index in [9.17, 15) is 13.6 Å². The highest BCUT2D eigenvalue weighted by Gasteiger charge is 2.41. The van der Waals surface area contributed by atoms with Crippen molar-refractivity contribution < 1.29 is 18.3 Å². The predicted octanol–water partition coefficient (Wildman–Crippen LogP) is 5.20. The zero-order valence-electron chi connectivity index (χ0n) is 21.0. The molecule has 0 radical (unpaired) electrons. The summed E-state index contributed by atoms with van der Waals surface area (Å²) in [7, 11) is 0. The van der Waals surface area contributed by atoms with E-state index in [0.717, 1.165) is 35.5 Å². The van der Waals surface area contributed by atoms with Gasteiger partial charge >= 0.3 is 0 Å². The van der Waals surface area contributed by atoms with Crippen LogP contribution in [0.25, 0.3) is 11.0 Å². The van der Waals surface area contributed by atoms with Crippen LogP contribution in [-0.2, 0) is 11.4 Å². The standard InChI is InChI=1S/C30H30F2N4O2/c31-21-14-24(30(25(32)15-21)38-18-20-6-2-1-3-7-20)23-16-27(23)33-17-29(37)35-12-10-22(11-13-35)36-19-34-26-8-4-5-9-28(26)36/h1-9,14-15,19,22-23,27,33H,10-13,16-18H2/t23-,27+/m0/s1. The number of nitrogens with one attached hydrogen (secondary N) is 1. The van der Waals surface area contributed by atoms with Crippen LogP contribution in [0.4, 0.5) is 8.78 Å². The Morgan fingerprint density at radius 2 is 1.79 bits per heavy atom. The number of hydrogen-bond donors (Lipinski definition) is 1. The molecule has 1 saturated carbocycles. The average Bonchev–Trinajstić information content (AvgIpc) is 3.59. The number of amides is 1. The third kappa shape index (κ3) is 5.13. The number of ether oxygens (including phenoxy) is 1. The Labute approximate surface area is 220 Å². The van der Waals surface area contributed by atoms with Crippen LogP contribution in [0.1, 0.15) is 42.3 Å². The van der Waals surface area contributed by atoms with Crippen molar-refractivity contribution in [2.75, 3.05) is 19.6 Å². The van der Waals surface area contributed by atoms with Crippen molar-refractivity contribution in [3.8, 4) is 5.75 Å². The normalized spacial score (nSPS) is 19.6. The second kappa shape index (κ2) is 10.5. The summed E-state index contributed by atoms with van der Waals surface area (Å²) >= 11 is 0. The third-order valence-electron chi connectivity index (χ3n) is 7.66. The molecule has 38 heavy (non-hydrogen) atoms. The van der Waals surface area contributed by atoms with Crippen LogP contribution in [0, 0.1) is 11.6 Å². The second-order valence-corrected chi connectivity index (χ2v) is 10.2. The van der Waals surface area contributed by atoms with E-state index in [2.05, 4.69) is 20.9 Å². The Morgan fingerprint density at radius 1 is 1.03 bits per heavy atom. The van der Waals surface area contributed by atoms with Crippen LogP contribution in [0.3, 0.4) is 0 Å². The van der Waals surface area contributed by atoms with Crippen molar-refractivity contribution in [2.24, 2.45) is 0 Å². The Hall–Kier alpha value is -3.78. The molecular formula is C30H30F2N4O2. The maximum atomic E-state index is 14.7. The molecule has 1 aliphatic heterocycles. The molecule has 1 aromatic heterocycles. The zero-order chi connectivity index (χ0) is 26.1. The number of imidazole rings is 1. The van der Waals surface area contributed by atoms with Crippen molar-refractivity contribution in [1.29, 1.82) is 0 Å². The van der Waals surface area contributed by atoms with E-state index < -0.39 is 11.6 Å². The molecule has 0 spiro atoms. The summed E-state index contributed by atoms with van der Waals surface area (Å²) in [5, 5.41) is 3.30. The van der Waals surface area contributed by atoms with Crippen LogP contribution in [0.2, 0.25) is 0 Å². The lowest BCUT2D eigenvalue weighted by molar-refractivity contribution is -0.131. The van der Waals surface area contributed by atoms with Gasteiger partial charge in [-0.15, -0.1) is 0 Å². The number of fused-ring (bicyclic) bond motifs is 1. The van der Waals surface area contributed by atoms with E-state index in [-0.39, 0.29) is 36.8 Å². The summed E-state index contributed by atoms with van der Waals surface area (Å²) in [6.07, 6.45) is 4.36. The zero-order valence-corrected chi connectivity index (χ0v) is 21.0. The molecule has 2 heterocycles. The number of carbonyl (C=O) groups excluding carboxylic acids is 1. The number of rotatable bonds is 8. The van der Waals surface area contributed by atoms with E-state index in [0.29, 0.717) is 31.1 Å². The molecule has 0 unspecified atom stereocenters. The summed E-state index contributed by atoms with van der Waals surface area (Å²) in [6.45, 7) is 1.79. The number of aromatic nitrogens is 2. The minimum Gasteiger partial charge on any atom is -0.486 e. The highest BCUT2D eigenvalue weighted by molar-refractivity contribution is 5.78. The molecule has 4 aromatic rings. The number of halogens is 2. The Balaban J connectivity index is 1.03. The first-order valence-corrected chi connectivity index (χ1v) is 13.1. The molecule has 1 aliphatic carbocycles. The first-order valence-electron chi connectivity index (χ1n) is 13.1. The fourth-order valence-electron chi connectivity index (χ4n) is 5.49. The van der Waals surface area contributed by atoms with Crippen molar-refractivity contribution in [3.63, 3.8) is 0 Å². The van der Waals surface area contributed by atoms with Gasteiger partial charge in [-0.3, -0.25) is 4.79 Å². The number of likely N-dealkylation sites (tertiary alicyclic amines) is 1. The number of nitrogens with zero attached hydrogens (tertiary/aromatic N) is 3. The molecular weight excluding hydrogens is 486 g/mol. The molecule has 8 heteroatoms. The summed E-state index contributed by atoms with van der Waals surface area (Å²) in [5.74, 6) is -1.29. The Kier molecular flexibility index (Phi) is 6.81. The van der Waals surface area contributed by atoms with Crippen LogP contribution in [0.15, 0.2) is 73.1 Å². The fourth-order valence-corrected chi connectivity index (χ4v) is 5.49. The molecule has 6 rings (SSSR count). The van der Waals surface area contributed by atoms with Crippen LogP contribution >= 0.6 is 0 Å². The quantitative estimate of drug-likeness (QED) is 0.350. The summed E-state index contributed by atoms with van der Waals surface area (Å²) < 4.78 is 36.8. The first kappa shape index (κ1) is 24.6. The molecule has 196 valence electrons. The minimum absolute atomic E-state index is 0.0194. The molecule has 2 atom stereocenters. The van der Waals surface area contributed by atoms with Gasteiger partial charge in [0.15, 0.2) is 11.6 Å². The third-order valence-corrected chi connectivity index (χ3v) is 7.66. The number of benzene rings is 3. The van der Waals surface area contributed by atoms with Crippen LogP contribution in [-0.4, -0.2) is 46.0 Å². The molecule has 6 nitrogen and oxygen atoms in total. The van der Waals surface area contributed by atoms with Crippen molar-refractivity contribution in [1.82, 2.24) is 19.8 Å². The van der Waals surface area contributed by atoms with Gasteiger partial charge in [-0.1, -0.05) is 42.5 Å². The molecule has 0 bridgehead atoms. The summed E-state index contributed by atoms with van der Waals surface area (Å²) in [6, 6.07) is 20.1. The number of hydrogen-bond acceptors (Lipinski definition) is 4. The lowest BCUT2D eigenvalue weighted by atomic mass is 10.0. The van der Waals surface area contributed by atoms with E-state index in [1.54, 1.807) is 0 Å². The van der Waals surface area contributed by atoms with Gasteiger partial charge in [0.05, 0.1) is 23.9 Å². The highest BCUT2D eigenvalue weighted by atomic mass is 19.1. The van der Waals surface area contributed by atoms with Crippen molar-refractivity contribution >= 4 is 16.9 Å². The SMILES string of the molecule is O=C(CN[C@@H]1C[C@H]1c1cc(F)cc(F)c1OCc1ccccc1)N1CCC(n2cnc3ccccc32)CC1. The predicted molar refractivity (Wildman–Crippen MR) is 141 cm³/mol. The Bertz CT molecular complexity index is 1430. The summed E-state index contributed by atoms with van der Waals surface area (Å²) in [5.41, 5.74) is 3.53. The van der Waals surface area contributed by atoms with Crippen LogP contribution in [0.5, 0.6) is 5.75 Å². The van der Waals surface area contributed by atoms with E-state index in [1.807, 2.05) is 59.8 Å². The second-order valence-electron chi connectivity index (χ2n) is 10.2. The molecule has 1 saturated heterocycles. The van der Waals surface area contributed by atoms with Gasteiger partial charge in [-0.05, 0) is 43.0 Å². The molecule has 3 aromatic carbocycles. The maximum Gasteiger partial charge on any atom is 0.236 e. The van der Waals surface area contributed by atoms with Gasteiger partial charge in [0, 0.05) is 42.7 Å². The molecule has 1 N–H and O–H groups in total. The van der Waals surface area contributed by atoms with Crippen LogP contribution < -0.4 is 10.1 Å². The molecule has 2 aliphatic rings. The molecule has 2 fully saturated rings. The first-order chi connectivity index (χ1) is 18.6. The number of carbonyl (C=O) groups is 1. The largest absolute Gasteiger partial charge is 0.486 e. The fraction of sp³-hybridized carbons (Fsp3) is 0.333. The van der Waals surface area contributed by atoms with E-state index in [4.69, 9.17) is 4.74 Å². The number of para-hydroxylation sites is 2. The van der Waals surface area contributed by atoms with Gasteiger partial charge in [0.25, 0.3) is 0 Å². The molecule has 1 amide bonds. The lowest BCUT2D eigenvalue weighted by Crippen LogP contribution is -2.43. The smallest absolute Gasteiger partial charge is 0.236 e. The van der Waals surface area contributed by atoms with Gasteiger partial charge < -0.3 is 19.5 Å². The van der Waals surface area contributed by atoms with Gasteiger partial charge in [-0.2, -0.15) is 0 Å². The minimum atomic E-state index is -0.703. The van der Waals surface area contributed by atoms with Crippen molar-refractivity contribution in [2.45, 2.75) is 43.9 Å². The Morgan fingerprint density at radius 3 is 2.61 bits per heavy atom. The van der Waals surface area contributed by atoms with Gasteiger partial charge in [0.2, 0.25) is 5.91 Å². The van der Waals surface area contributed by atoms with E-state index >= 15 is 0 Å². The highest BCUT2D eigenvalue weighted by Crippen LogP contribution is 2.46. The lowest BCUT2D eigenvalue weighted by Gasteiger charge is -2.33. The van der Waals surface area contributed by atoms with Crippen molar-refractivity contribution in [3.05, 3.63) is 95.8 Å². The topological polar surface area (TPSA) is 59.4 Å². The van der Waals surface area contributed by atoms with E-state index in [1.165, 1.54) is 6.07 Å².